The molecule has 1 aromatic carbocycles. The van der Waals surface area contributed by atoms with Gasteiger partial charge in [-0.2, -0.15) is 0 Å². The number of H-pyrrole nitrogens is 1. The van der Waals surface area contributed by atoms with Crippen LogP contribution in [-0.4, -0.2) is 51.5 Å². The van der Waals surface area contributed by atoms with Crippen molar-refractivity contribution < 1.29 is 9.18 Å². The van der Waals surface area contributed by atoms with E-state index in [0.29, 0.717) is 50.4 Å². The Morgan fingerprint density at radius 2 is 1.82 bits per heavy atom. The number of piperazine rings is 1. The van der Waals surface area contributed by atoms with Gasteiger partial charge in [0, 0.05) is 50.0 Å². The summed E-state index contributed by atoms with van der Waals surface area (Å²) in [7, 11) is 0. The highest BCUT2D eigenvalue weighted by molar-refractivity contribution is 6.05. The maximum atomic E-state index is 13.6. The molecule has 2 fully saturated rings. The second-order valence-electron chi connectivity index (χ2n) is 8.73. The van der Waals surface area contributed by atoms with Crippen LogP contribution < -0.4 is 16.1 Å². The van der Waals surface area contributed by atoms with Crippen molar-refractivity contribution >= 4 is 22.6 Å². The molecule has 1 aliphatic carbocycles. The van der Waals surface area contributed by atoms with Crippen LogP contribution in [0.2, 0.25) is 0 Å². The van der Waals surface area contributed by atoms with E-state index in [9.17, 15) is 18.8 Å². The van der Waals surface area contributed by atoms with Crippen molar-refractivity contribution in [1.82, 2.24) is 19.4 Å². The van der Waals surface area contributed by atoms with E-state index >= 15 is 0 Å². The number of aromatic amines is 1. The van der Waals surface area contributed by atoms with Crippen molar-refractivity contribution in [3.05, 3.63) is 68.2 Å². The first kappa shape index (κ1) is 21.4. The number of hydrogen-bond acceptors (Lipinski definition) is 5. The Kier molecular flexibility index (Phi) is 5.47. The van der Waals surface area contributed by atoms with E-state index in [1.165, 1.54) is 16.7 Å². The number of aryl methyl sites for hydroxylation is 1. The highest BCUT2D eigenvalue weighted by Crippen LogP contribution is 2.40. The van der Waals surface area contributed by atoms with Crippen molar-refractivity contribution in [2.24, 2.45) is 0 Å². The summed E-state index contributed by atoms with van der Waals surface area (Å²) in [4.78, 5) is 49.7. The Labute approximate surface area is 189 Å². The fourth-order valence-electron chi connectivity index (χ4n) is 4.47. The van der Waals surface area contributed by atoms with Gasteiger partial charge in [0.15, 0.2) is 5.65 Å². The lowest BCUT2D eigenvalue weighted by molar-refractivity contribution is 0.0748. The molecule has 1 amide bonds. The Morgan fingerprint density at radius 1 is 1.12 bits per heavy atom. The number of nitrogens with zero attached hydrogens (tertiary/aromatic N) is 4. The SMILES string of the molecule is CCCn1c(=O)[nH]c(=O)c2c(C(=O)N3CCN(c4ccc(F)cc4)CC3)cc(C3CC3)nc21. The lowest BCUT2D eigenvalue weighted by Crippen LogP contribution is -2.49. The Morgan fingerprint density at radius 3 is 2.45 bits per heavy atom. The summed E-state index contributed by atoms with van der Waals surface area (Å²) in [6.45, 7) is 4.52. The molecule has 33 heavy (non-hydrogen) atoms. The molecule has 1 saturated heterocycles. The first-order chi connectivity index (χ1) is 16.0. The predicted molar refractivity (Wildman–Crippen MR) is 123 cm³/mol. The molecular formula is C24H26FN5O3. The number of amides is 1. The normalized spacial score (nSPS) is 16.4. The van der Waals surface area contributed by atoms with Crippen LogP contribution >= 0.6 is 0 Å². The zero-order valence-corrected chi connectivity index (χ0v) is 18.5. The van der Waals surface area contributed by atoms with Crippen LogP contribution in [0, 0.1) is 5.82 Å². The van der Waals surface area contributed by atoms with Gasteiger partial charge in [-0.15, -0.1) is 0 Å². The standard InChI is InChI=1S/C24H26FN5O3/c1-2-9-30-21-20(22(31)27-24(30)33)18(14-19(26-21)15-3-4-15)23(32)29-12-10-28(11-13-29)17-7-5-16(25)6-8-17/h5-8,14-15H,2-4,9-13H2,1H3,(H,27,31,33). The smallest absolute Gasteiger partial charge is 0.329 e. The summed E-state index contributed by atoms with van der Waals surface area (Å²) in [6.07, 6.45) is 2.68. The predicted octanol–water partition coefficient (Wildman–Crippen LogP) is 2.47. The van der Waals surface area contributed by atoms with Gasteiger partial charge in [0.1, 0.15) is 5.82 Å². The highest BCUT2D eigenvalue weighted by atomic mass is 19.1. The molecule has 1 saturated carbocycles. The summed E-state index contributed by atoms with van der Waals surface area (Å²) >= 11 is 0. The number of hydrogen-bond donors (Lipinski definition) is 1. The zero-order valence-electron chi connectivity index (χ0n) is 18.5. The van der Waals surface area contributed by atoms with E-state index in [4.69, 9.17) is 0 Å². The van der Waals surface area contributed by atoms with Gasteiger partial charge in [0.25, 0.3) is 11.5 Å². The first-order valence-corrected chi connectivity index (χ1v) is 11.4. The summed E-state index contributed by atoms with van der Waals surface area (Å²) in [5, 5.41) is 0.179. The molecule has 0 radical (unpaired) electrons. The molecule has 1 N–H and O–H groups in total. The molecule has 1 aliphatic heterocycles. The quantitative estimate of drug-likeness (QED) is 0.644. The number of nitrogens with one attached hydrogen (secondary N) is 1. The molecule has 172 valence electrons. The van der Waals surface area contributed by atoms with E-state index in [1.54, 1.807) is 23.1 Å². The van der Waals surface area contributed by atoms with Crippen LogP contribution in [0.5, 0.6) is 0 Å². The molecule has 0 spiro atoms. The topological polar surface area (TPSA) is 91.3 Å². The largest absolute Gasteiger partial charge is 0.368 e. The van der Waals surface area contributed by atoms with Gasteiger partial charge in [-0.1, -0.05) is 6.92 Å². The molecule has 9 heteroatoms. The van der Waals surface area contributed by atoms with Gasteiger partial charge >= 0.3 is 5.69 Å². The third-order valence-corrected chi connectivity index (χ3v) is 6.40. The van der Waals surface area contributed by atoms with Gasteiger partial charge in [0.2, 0.25) is 0 Å². The third-order valence-electron chi connectivity index (χ3n) is 6.40. The number of anilines is 1. The average molecular weight is 452 g/mol. The number of carbonyl (C=O) groups excluding carboxylic acids is 1. The second-order valence-corrected chi connectivity index (χ2v) is 8.73. The summed E-state index contributed by atoms with van der Waals surface area (Å²) in [5.41, 5.74) is 1.21. The first-order valence-electron chi connectivity index (χ1n) is 11.4. The molecule has 0 unspecified atom stereocenters. The van der Waals surface area contributed by atoms with Gasteiger partial charge in [-0.05, 0) is 49.6 Å². The minimum atomic E-state index is -0.578. The van der Waals surface area contributed by atoms with Crippen molar-refractivity contribution in [2.75, 3.05) is 31.1 Å². The number of rotatable bonds is 5. The lowest BCUT2D eigenvalue weighted by Gasteiger charge is -2.36. The lowest BCUT2D eigenvalue weighted by atomic mass is 10.1. The van der Waals surface area contributed by atoms with Crippen molar-refractivity contribution in [3.8, 4) is 0 Å². The van der Waals surface area contributed by atoms with Crippen molar-refractivity contribution in [3.63, 3.8) is 0 Å². The van der Waals surface area contributed by atoms with Gasteiger partial charge < -0.3 is 9.80 Å². The van der Waals surface area contributed by atoms with Crippen LogP contribution in [0.4, 0.5) is 10.1 Å². The molecule has 2 aliphatic rings. The van der Waals surface area contributed by atoms with Crippen LogP contribution in [0.15, 0.2) is 39.9 Å². The summed E-state index contributed by atoms with van der Waals surface area (Å²) in [6, 6.07) is 8.06. The van der Waals surface area contributed by atoms with Gasteiger partial charge in [-0.25, -0.2) is 14.2 Å². The molecule has 0 atom stereocenters. The number of pyridine rings is 1. The van der Waals surface area contributed by atoms with Gasteiger partial charge in [0.05, 0.1) is 10.9 Å². The minimum absolute atomic E-state index is 0.179. The number of halogens is 1. The highest BCUT2D eigenvalue weighted by Gasteiger charge is 2.31. The fraction of sp³-hybridized carbons (Fsp3) is 0.417. The van der Waals surface area contributed by atoms with Crippen LogP contribution in [0.25, 0.3) is 11.0 Å². The van der Waals surface area contributed by atoms with Crippen molar-refractivity contribution in [1.29, 1.82) is 0 Å². The summed E-state index contributed by atoms with van der Waals surface area (Å²) in [5.74, 6) is -0.244. The molecule has 5 rings (SSSR count). The molecule has 2 aromatic heterocycles. The Hall–Kier alpha value is -3.49. The van der Waals surface area contributed by atoms with E-state index in [0.717, 1.165) is 24.2 Å². The second kappa shape index (κ2) is 8.46. The molecular weight excluding hydrogens is 425 g/mol. The maximum Gasteiger partial charge on any atom is 0.329 e. The number of carbonyl (C=O) groups is 1. The van der Waals surface area contributed by atoms with Crippen LogP contribution in [0.3, 0.4) is 0 Å². The molecule has 3 heterocycles. The van der Waals surface area contributed by atoms with E-state index in [-0.39, 0.29) is 23.0 Å². The van der Waals surface area contributed by atoms with E-state index < -0.39 is 11.2 Å². The van der Waals surface area contributed by atoms with E-state index in [1.807, 2.05) is 6.92 Å². The van der Waals surface area contributed by atoms with Crippen LogP contribution in [-0.2, 0) is 6.54 Å². The zero-order chi connectivity index (χ0) is 23.1. The van der Waals surface area contributed by atoms with E-state index in [2.05, 4.69) is 14.9 Å². The third kappa shape index (κ3) is 4.03. The maximum absolute atomic E-state index is 13.6. The minimum Gasteiger partial charge on any atom is -0.368 e. The molecule has 3 aromatic rings. The number of aromatic nitrogens is 3. The summed E-state index contributed by atoms with van der Waals surface area (Å²) < 4.78 is 14.7. The Balaban J connectivity index is 1.49. The van der Waals surface area contributed by atoms with Gasteiger partial charge in [-0.3, -0.25) is 19.1 Å². The van der Waals surface area contributed by atoms with Crippen LogP contribution in [0.1, 0.15) is 48.2 Å². The Bertz CT molecular complexity index is 1320. The molecule has 0 bridgehead atoms. The molecule has 8 nitrogen and oxygen atoms in total. The monoisotopic (exact) mass is 451 g/mol. The number of benzene rings is 1. The average Bonchev–Trinajstić information content (AvgIpc) is 3.67. The number of fused-ring (bicyclic) bond motifs is 1. The fourth-order valence-corrected chi connectivity index (χ4v) is 4.47. The van der Waals surface area contributed by atoms with Crippen molar-refractivity contribution in [2.45, 2.75) is 38.6 Å².